The van der Waals surface area contributed by atoms with Crippen LogP contribution >= 0.6 is 23.1 Å². The van der Waals surface area contributed by atoms with Gasteiger partial charge in [-0.2, -0.15) is 4.98 Å². The second-order valence-corrected chi connectivity index (χ2v) is 10.1. The van der Waals surface area contributed by atoms with Crippen LogP contribution in [0.4, 0.5) is 22.6 Å². The molecule has 0 saturated carbocycles. The molecule has 8 heteroatoms. The first-order valence-corrected chi connectivity index (χ1v) is 12.9. The zero-order valence-corrected chi connectivity index (χ0v) is 20.7. The number of aldehydes is 1. The minimum Gasteiger partial charge on any atom is -0.324 e. The average molecular weight is 498 g/mol. The number of anilines is 4. The summed E-state index contributed by atoms with van der Waals surface area (Å²) in [5.74, 6) is 1.63. The number of nitrogens with one attached hydrogen (secondary N) is 2. The van der Waals surface area contributed by atoms with Gasteiger partial charge in [-0.05, 0) is 54.4 Å². The van der Waals surface area contributed by atoms with E-state index in [-0.39, 0.29) is 0 Å². The molecular formula is C27H23N5OS2. The van der Waals surface area contributed by atoms with E-state index in [0.29, 0.717) is 23.9 Å². The van der Waals surface area contributed by atoms with E-state index >= 15 is 0 Å². The monoisotopic (exact) mass is 497 g/mol. The fourth-order valence-corrected chi connectivity index (χ4v) is 5.16. The zero-order valence-electron chi connectivity index (χ0n) is 19.1. The summed E-state index contributed by atoms with van der Waals surface area (Å²) in [6.07, 6.45) is 1.59. The third-order valence-corrected chi connectivity index (χ3v) is 7.06. The zero-order chi connectivity index (χ0) is 24.0. The van der Waals surface area contributed by atoms with E-state index < -0.39 is 0 Å². The second kappa shape index (κ2) is 10.7. The van der Waals surface area contributed by atoms with Crippen LogP contribution in [-0.2, 0) is 11.2 Å². The summed E-state index contributed by atoms with van der Waals surface area (Å²) >= 11 is 3.11. The number of fused-ring (bicyclic) bond motifs is 1. The van der Waals surface area contributed by atoms with Gasteiger partial charge in [-0.25, -0.2) is 9.97 Å². The quantitative estimate of drug-likeness (QED) is 0.172. The van der Waals surface area contributed by atoms with E-state index in [9.17, 15) is 4.79 Å². The molecule has 0 aliphatic rings. The maximum atomic E-state index is 10.6. The van der Waals surface area contributed by atoms with Gasteiger partial charge in [0.2, 0.25) is 5.95 Å². The Bertz CT molecular complexity index is 1450. The molecule has 2 heterocycles. The molecule has 0 radical (unpaired) electrons. The lowest BCUT2D eigenvalue weighted by Crippen LogP contribution is -2.04. The molecule has 174 valence electrons. The van der Waals surface area contributed by atoms with Gasteiger partial charge in [0, 0.05) is 23.1 Å². The van der Waals surface area contributed by atoms with Crippen LogP contribution in [0.2, 0.25) is 0 Å². The van der Waals surface area contributed by atoms with Gasteiger partial charge in [-0.15, -0.1) is 11.8 Å². The van der Waals surface area contributed by atoms with E-state index in [0.717, 1.165) is 37.9 Å². The maximum Gasteiger partial charge on any atom is 0.229 e. The molecule has 0 fully saturated rings. The van der Waals surface area contributed by atoms with Crippen molar-refractivity contribution in [2.45, 2.75) is 18.2 Å². The van der Waals surface area contributed by atoms with Gasteiger partial charge in [-0.3, -0.25) is 0 Å². The van der Waals surface area contributed by atoms with Crippen LogP contribution < -0.4 is 10.6 Å². The van der Waals surface area contributed by atoms with Crippen molar-refractivity contribution in [3.05, 3.63) is 95.7 Å². The molecule has 0 spiro atoms. The molecule has 2 N–H and O–H groups in total. The standard InChI is InChI=1S/C27H23N5OS2/c1-18-7-12-23-24(15-18)35-27(30-23)32-25-17-21(16-19-5-3-2-4-6-19)29-26(31-25)28-20-8-10-22(11-9-20)34-14-13-33/h2-13,15,17H,14,16H2,1H3,(H2,28,29,30,31,32). The Hall–Kier alpha value is -3.75. The Morgan fingerprint density at radius 2 is 1.74 bits per heavy atom. The van der Waals surface area contributed by atoms with Gasteiger partial charge < -0.3 is 15.4 Å². The number of thiazole rings is 1. The number of hydrogen-bond acceptors (Lipinski definition) is 8. The highest BCUT2D eigenvalue weighted by Gasteiger charge is 2.10. The van der Waals surface area contributed by atoms with Crippen molar-refractivity contribution in [3.63, 3.8) is 0 Å². The van der Waals surface area contributed by atoms with Gasteiger partial charge in [0.05, 0.1) is 21.7 Å². The van der Waals surface area contributed by atoms with Crippen LogP contribution in [0.3, 0.4) is 0 Å². The molecule has 0 bridgehead atoms. The average Bonchev–Trinajstić information content (AvgIpc) is 3.25. The van der Waals surface area contributed by atoms with Crippen LogP contribution in [0.1, 0.15) is 16.8 Å². The topological polar surface area (TPSA) is 79.8 Å². The highest BCUT2D eigenvalue weighted by Crippen LogP contribution is 2.29. The number of carbonyl (C=O) groups excluding carboxylic acids is 1. The number of benzene rings is 3. The number of aromatic nitrogens is 3. The number of hydrogen-bond donors (Lipinski definition) is 2. The van der Waals surface area contributed by atoms with Crippen molar-refractivity contribution in [1.29, 1.82) is 0 Å². The van der Waals surface area contributed by atoms with Crippen molar-refractivity contribution in [2.24, 2.45) is 0 Å². The highest BCUT2D eigenvalue weighted by molar-refractivity contribution is 7.99. The van der Waals surface area contributed by atoms with Crippen molar-refractivity contribution < 1.29 is 4.79 Å². The Balaban J connectivity index is 1.42. The van der Waals surface area contributed by atoms with Crippen molar-refractivity contribution in [2.75, 3.05) is 16.4 Å². The summed E-state index contributed by atoms with van der Waals surface area (Å²) in [4.78, 5) is 25.8. The lowest BCUT2D eigenvalue weighted by atomic mass is 10.1. The van der Waals surface area contributed by atoms with Crippen LogP contribution in [0.15, 0.2) is 83.8 Å². The number of carbonyl (C=O) groups is 1. The van der Waals surface area contributed by atoms with Crippen LogP contribution in [0.25, 0.3) is 10.2 Å². The Morgan fingerprint density at radius 1 is 0.914 bits per heavy atom. The highest BCUT2D eigenvalue weighted by atomic mass is 32.2. The third kappa shape index (κ3) is 6.03. The van der Waals surface area contributed by atoms with Crippen LogP contribution in [-0.4, -0.2) is 27.0 Å². The van der Waals surface area contributed by atoms with Crippen LogP contribution in [0, 0.1) is 6.92 Å². The summed E-state index contributed by atoms with van der Waals surface area (Å²) in [6.45, 7) is 2.08. The van der Waals surface area contributed by atoms with Gasteiger partial charge in [-0.1, -0.05) is 47.7 Å². The number of rotatable bonds is 9. The van der Waals surface area contributed by atoms with Gasteiger partial charge in [0.25, 0.3) is 0 Å². The molecule has 5 rings (SSSR count). The van der Waals surface area contributed by atoms with Crippen molar-refractivity contribution in [1.82, 2.24) is 15.0 Å². The molecular weight excluding hydrogens is 474 g/mol. The van der Waals surface area contributed by atoms with E-state index in [4.69, 9.17) is 15.0 Å². The van der Waals surface area contributed by atoms with Gasteiger partial charge >= 0.3 is 0 Å². The first-order chi connectivity index (χ1) is 17.1. The van der Waals surface area contributed by atoms with E-state index in [1.54, 1.807) is 11.3 Å². The Morgan fingerprint density at radius 3 is 2.54 bits per heavy atom. The molecule has 2 aromatic heterocycles. The molecule has 6 nitrogen and oxygen atoms in total. The molecule has 0 amide bonds. The molecule has 3 aromatic carbocycles. The van der Waals surface area contributed by atoms with Crippen molar-refractivity contribution >= 4 is 62.2 Å². The van der Waals surface area contributed by atoms with Gasteiger partial charge in [0.15, 0.2) is 5.13 Å². The predicted molar refractivity (Wildman–Crippen MR) is 145 cm³/mol. The fourth-order valence-electron chi connectivity index (χ4n) is 3.60. The number of thioether (sulfide) groups is 1. The van der Waals surface area contributed by atoms with E-state index in [1.807, 2.05) is 54.6 Å². The predicted octanol–water partition coefficient (Wildman–Crippen LogP) is 6.76. The fraction of sp³-hybridized carbons (Fsp3) is 0.111. The summed E-state index contributed by atoms with van der Waals surface area (Å²) < 4.78 is 1.14. The first-order valence-electron chi connectivity index (χ1n) is 11.1. The summed E-state index contributed by atoms with van der Waals surface area (Å²) in [6, 6.07) is 26.3. The molecule has 0 atom stereocenters. The van der Waals surface area contributed by atoms with Crippen LogP contribution in [0.5, 0.6) is 0 Å². The lowest BCUT2D eigenvalue weighted by molar-refractivity contribution is -0.105. The molecule has 0 saturated heterocycles. The lowest BCUT2D eigenvalue weighted by Gasteiger charge is -2.11. The number of nitrogens with zero attached hydrogens (tertiary/aromatic N) is 3. The molecule has 0 aliphatic heterocycles. The summed E-state index contributed by atoms with van der Waals surface area (Å²) in [7, 11) is 0. The van der Waals surface area contributed by atoms with Crippen molar-refractivity contribution in [3.8, 4) is 0 Å². The van der Waals surface area contributed by atoms with E-state index in [2.05, 4.69) is 41.8 Å². The molecule has 0 unspecified atom stereocenters. The third-order valence-electron chi connectivity index (χ3n) is 5.21. The molecule has 5 aromatic rings. The van der Waals surface area contributed by atoms with Gasteiger partial charge in [0.1, 0.15) is 12.1 Å². The Kier molecular flexibility index (Phi) is 7.02. The maximum absolute atomic E-state index is 10.6. The molecule has 0 aliphatic carbocycles. The minimum absolute atomic E-state index is 0.442. The smallest absolute Gasteiger partial charge is 0.229 e. The Labute approximate surface area is 211 Å². The normalized spacial score (nSPS) is 10.9. The van der Waals surface area contributed by atoms with E-state index in [1.165, 1.54) is 22.9 Å². The second-order valence-electron chi connectivity index (χ2n) is 7.97. The first kappa shape index (κ1) is 23.0. The SMILES string of the molecule is Cc1ccc2nc(Nc3cc(Cc4ccccc4)nc(Nc4ccc(SCC=O)cc4)n3)sc2c1. The minimum atomic E-state index is 0.442. The summed E-state index contributed by atoms with van der Waals surface area (Å²) in [5, 5.41) is 7.48. The summed E-state index contributed by atoms with van der Waals surface area (Å²) in [5.41, 5.74) is 5.12. The largest absolute Gasteiger partial charge is 0.324 e. The number of aryl methyl sites for hydroxylation is 1. The molecule has 35 heavy (non-hydrogen) atoms.